The van der Waals surface area contributed by atoms with Crippen molar-refractivity contribution in [2.75, 3.05) is 47.2 Å². The Hall–Kier alpha value is -2.80. The molecule has 2 rings (SSSR count). The molecular weight excluding hydrogens is 347 g/mol. The molecule has 0 saturated carbocycles. The zero-order valence-electron chi connectivity index (χ0n) is 16.4. The van der Waals surface area contributed by atoms with E-state index in [-0.39, 0.29) is 11.9 Å². The molecule has 1 atom stereocenters. The van der Waals surface area contributed by atoms with Gasteiger partial charge in [0.05, 0.1) is 20.3 Å². The number of rotatable bonds is 7. The first-order valence-electron chi connectivity index (χ1n) is 8.60. The van der Waals surface area contributed by atoms with Gasteiger partial charge in [-0.1, -0.05) is 12.1 Å². The molecule has 1 unspecified atom stereocenters. The summed E-state index contributed by atoms with van der Waals surface area (Å²) in [6.45, 7) is 0.603. The lowest BCUT2D eigenvalue weighted by Gasteiger charge is -2.26. The van der Waals surface area contributed by atoms with Crippen LogP contribution in [0.3, 0.4) is 0 Å². The van der Waals surface area contributed by atoms with Crippen molar-refractivity contribution in [1.29, 1.82) is 0 Å². The highest BCUT2D eigenvalue weighted by Gasteiger charge is 2.15. The van der Waals surface area contributed by atoms with Crippen molar-refractivity contribution < 1.29 is 13.9 Å². The van der Waals surface area contributed by atoms with E-state index in [1.165, 1.54) is 12.1 Å². The summed E-state index contributed by atoms with van der Waals surface area (Å²) in [5, 5.41) is 6.54. The normalized spacial score (nSPS) is 12.6. The second-order valence-electron chi connectivity index (χ2n) is 6.18. The van der Waals surface area contributed by atoms with Gasteiger partial charge in [0, 0.05) is 25.3 Å². The van der Waals surface area contributed by atoms with Crippen LogP contribution in [0.25, 0.3) is 0 Å². The number of methoxy groups -OCH3 is 2. The largest absolute Gasteiger partial charge is 0.493 e. The number of hydrogen-bond acceptors (Lipinski definition) is 4. The predicted octanol–water partition coefficient (Wildman–Crippen LogP) is 3.13. The molecule has 0 fully saturated rings. The Labute approximate surface area is 160 Å². The molecule has 6 nitrogen and oxygen atoms in total. The Kier molecular flexibility index (Phi) is 7.43. The standard InChI is InChI=1S/C20H27FN4O2/c1-22-20(24-16-10-11-18(26-4)19(12-16)27-5)23-13-17(25(2)3)14-6-8-15(21)9-7-14/h6-12,17H,13H2,1-5H3,(H2,22,23,24). The summed E-state index contributed by atoms with van der Waals surface area (Å²) in [6, 6.07) is 12.2. The molecule has 0 radical (unpaired) electrons. The molecule has 0 bridgehead atoms. The lowest BCUT2D eigenvalue weighted by Crippen LogP contribution is -2.38. The van der Waals surface area contributed by atoms with Gasteiger partial charge in [0.25, 0.3) is 0 Å². The fourth-order valence-electron chi connectivity index (χ4n) is 2.71. The number of likely N-dealkylation sites (N-methyl/N-ethyl adjacent to an activating group) is 1. The average Bonchev–Trinajstić information content (AvgIpc) is 2.68. The summed E-state index contributed by atoms with van der Waals surface area (Å²) in [6.07, 6.45) is 0. The van der Waals surface area contributed by atoms with Crippen molar-refractivity contribution in [3.8, 4) is 11.5 Å². The monoisotopic (exact) mass is 374 g/mol. The van der Waals surface area contributed by atoms with Gasteiger partial charge in [-0.05, 0) is 43.9 Å². The summed E-state index contributed by atoms with van der Waals surface area (Å²) in [4.78, 5) is 6.34. The first-order valence-corrected chi connectivity index (χ1v) is 8.60. The van der Waals surface area contributed by atoms with Crippen LogP contribution in [0.2, 0.25) is 0 Å². The highest BCUT2D eigenvalue weighted by atomic mass is 19.1. The Bertz CT molecular complexity index is 763. The zero-order chi connectivity index (χ0) is 19.8. The van der Waals surface area contributed by atoms with Crippen LogP contribution in [0.5, 0.6) is 11.5 Å². The summed E-state index contributed by atoms with van der Waals surface area (Å²) in [5.74, 6) is 1.68. The van der Waals surface area contributed by atoms with Gasteiger partial charge < -0.3 is 25.0 Å². The highest BCUT2D eigenvalue weighted by molar-refractivity contribution is 5.93. The molecule has 0 aliphatic rings. The van der Waals surface area contributed by atoms with E-state index < -0.39 is 0 Å². The highest BCUT2D eigenvalue weighted by Crippen LogP contribution is 2.29. The number of anilines is 1. The molecule has 2 N–H and O–H groups in total. The summed E-state index contributed by atoms with van der Waals surface area (Å²) < 4.78 is 23.8. The minimum atomic E-state index is -0.241. The van der Waals surface area contributed by atoms with Crippen LogP contribution in [-0.4, -0.2) is 52.8 Å². The molecule has 0 aromatic heterocycles. The van der Waals surface area contributed by atoms with Gasteiger partial charge in [0.1, 0.15) is 5.82 Å². The molecule has 0 heterocycles. The number of halogens is 1. The van der Waals surface area contributed by atoms with E-state index in [4.69, 9.17) is 9.47 Å². The number of benzene rings is 2. The van der Waals surface area contributed by atoms with Crippen molar-refractivity contribution in [1.82, 2.24) is 10.2 Å². The first-order chi connectivity index (χ1) is 13.0. The van der Waals surface area contributed by atoms with E-state index in [2.05, 4.69) is 20.5 Å². The average molecular weight is 374 g/mol. The second-order valence-corrected chi connectivity index (χ2v) is 6.18. The van der Waals surface area contributed by atoms with Gasteiger partial charge in [0.15, 0.2) is 17.5 Å². The van der Waals surface area contributed by atoms with E-state index in [0.717, 1.165) is 11.3 Å². The molecule has 7 heteroatoms. The van der Waals surface area contributed by atoms with Crippen molar-refractivity contribution >= 4 is 11.6 Å². The van der Waals surface area contributed by atoms with Crippen LogP contribution in [0.1, 0.15) is 11.6 Å². The van der Waals surface area contributed by atoms with Crippen LogP contribution in [0, 0.1) is 5.82 Å². The van der Waals surface area contributed by atoms with Crippen molar-refractivity contribution in [3.05, 3.63) is 53.8 Å². The van der Waals surface area contributed by atoms with E-state index >= 15 is 0 Å². The third kappa shape index (κ3) is 5.59. The Morgan fingerprint density at radius 1 is 1.07 bits per heavy atom. The number of aliphatic imine (C=N–C) groups is 1. The van der Waals surface area contributed by atoms with Gasteiger partial charge in [-0.25, -0.2) is 4.39 Å². The lowest BCUT2D eigenvalue weighted by molar-refractivity contribution is 0.298. The smallest absolute Gasteiger partial charge is 0.195 e. The van der Waals surface area contributed by atoms with Crippen LogP contribution in [0.4, 0.5) is 10.1 Å². The second kappa shape index (κ2) is 9.78. The van der Waals surface area contributed by atoms with E-state index in [9.17, 15) is 4.39 Å². The molecule has 2 aromatic carbocycles. The lowest BCUT2D eigenvalue weighted by atomic mass is 10.1. The van der Waals surface area contributed by atoms with Crippen molar-refractivity contribution in [2.45, 2.75) is 6.04 Å². The number of hydrogen-bond donors (Lipinski definition) is 2. The maximum Gasteiger partial charge on any atom is 0.195 e. The molecular formula is C20H27FN4O2. The third-order valence-corrected chi connectivity index (χ3v) is 4.21. The molecule has 0 aliphatic carbocycles. The van der Waals surface area contributed by atoms with E-state index in [1.54, 1.807) is 33.4 Å². The third-order valence-electron chi connectivity index (χ3n) is 4.21. The number of ether oxygens (including phenoxy) is 2. The number of guanidine groups is 1. The van der Waals surface area contributed by atoms with Crippen LogP contribution in [-0.2, 0) is 0 Å². The minimum Gasteiger partial charge on any atom is -0.493 e. The fourth-order valence-corrected chi connectivity index (χ4v) is 2.71. The van der Waals surface area contributed by atoms with Gasteiger partial charge in [-0.2, -0.15) is 0 Å². The summed E-state index contributed by atoms with van der Waals surface area (Å²) in [5.41, 5.74) is 1.85. The van der Waals surface area contributed by atoms with Gasteiger partial charge in [0.2, 0.25) is 0 Å². The Morgan fingerprint density at radius 2 is 1.74 bits per heavy atom. The predicted molar refractivity (Wildman–Crippen MR) is 107 cm³/mol. The maximum absolute atomic E-state index is 13.2. The molecule has 0 saturated heterocycles. The topological polar surface area (TPSA) is 58.1 Å². The maximum atomic E-state index is 13.2. The van der Waals surface area contributed by atoms with Crippen molar-refractivity contribution in [2.24, 2.45) is 4.99 Å². The van der Waals surface area contributed by atoms with Crippen LogP contribution < -0.4 is 20.1 Å². The van der Waals surface area contributed by atoms with Gasteiger partial charge in [-0.15, -0.1) is 0 Å². The zero-order valence-corrected chi connectivity index (χ0v) is 16.4. The molecule has 2 aromatic rings. The number of nitrogens with one attached hydrogen (secondary N) is 2. The summed E-state index contributed by atoms with van der Waals surface area (Å²) >= 11 is 0. The SMILES string of the molecule is CN=C(NCC(c1ccc(F)cc1)N(C)C)Nc1ccc(OC)c(OC)c1. The Morgan fingerprint density at radius 3 is 2.30 bits per heavy atom. The molecule has 146 valence electrons. The molecule has 0 amide bonds. The Balaban J connectivity index is 2.06. The molecule has 27 heavy (non-hydrogen) atoms. The number of nitrogens with zero attached hydrogens (tertiary/aromatic N) is 2. The van der Waals surface area contributed by atoms with E-state index in [0.29, 0.717) is 24.0 Å². The summed E-state index contributed by atoms with van der Waals surface area (Å²) in [7, 11) is 8.88. The van der Waals surface area contributed by atoms with Crippen molar-refractivity contribution in [3.63, 3.8) is 0 Å². The fraction of sp³-hybridized carbons (Fsp3) is 0.350. The van der Waals surface area contributed by atoms with E-state index in [1.807, 2.05) is 32.3 Å². The first kappa shape index (κ1) is 20.5. The van der Waals surface area contributed by atoms with Gasteiger partial charge in [-0.3, -0.25) is 4.99 Å². The van der Waals surface area contributed by atoms with Gasteiger partial charge >= 0.3 is 0 Å². The molecule has 0 spiro atoms. The van der Waals surface area contributed by atoms with Crippen LogP contribution >= 0.6 is 0 Å². The van der Waals surface area contributed by atoms with Crippen LogP contribution in [0.15, 0.2) is 47.5 Å². The molecule has 0 aliphatic heterocycles. The quantitative estimate of drug-likeness (QED) is 0.576. The minimum absolute atomic E-state index is 0.0644.